The molecule has 2 heterocycles. The number of likely N-dealkylation sites (tertiary alicyclic amines) is 1. The van der Waals surface area contributed by atoms with E-state index in [1.54, 1.807) is 17.1 Å². The first-order chi connectivity index (χ1) is 12.2. The maximum absolute atomic E-state index is 13.8. The fourth-order valence-corrected chi connectivity index (χ4v) is 3.17. The smallest absolute Gasteiger partial charge is 0.220 e. The van der Waals surface area contributed by atoms with Crippen molar-refractivity contribution in [2.45, 2.75) is 44.8 Å². The van der Waals surface area contributed by atoms with Gasteiger partial charge in [-0.3, -0.25) is 9.69 Å². The third-order valence-corrected chi connectivity index (χ3v) is 4.40. The molecule has 0 unspecified atom stereocenters. The van der Waals surface area contributed by atoms with Gasteiger partial charge in [-0.05, 0) is 42.3 Å². The number of benzene rings is 1. The fraction of sp³-hybridized carbons (Fsp3) is 0.529. The van der Waals surface area contributed by atoms with Crippen LogP contribution in [-0.2, 0) is 17.9 Å². The van der Waals surface area contributed by atoms with Crippen LogP contribution >= 0.6 is 0 Å². The van der Waals surface area contributed by atoms with Gasteiger partial charge in [-0.25, -0.2) is 9.07 Å². The van der Waals surface area contributed by atoms with Gasteiger partial charge in [0.2, 0.25) is 5.91 Å². The first kappa shape index (κ1) is 17.5. The summed E-state index contributed by atoms with van der Waals surface area (Å²) in [6, 6.07) is 6.99. The lowest BCUT2D eigenvalue weighted by atomic mass is 10.0. The Morgan fingerprint density at radius 3 is 3.04 bits per heavy atom. The summed E-state index contributed by atoms with van der Waals surface area (Å²) in [6.07, 6.45) is 4.66. The average Bonchev–Trinajstić information content (AvgIpc) is 3.11. The molecule has 25 heavy (non-hydrogen) atoms. The molecule has 1 aliphatic heterocycles. The maximum Gasteiger partial charge on any atom is 0.220 e. The number of aromatic nitrogens is 4. The SMILES string of the molecule is O=C(CCCn1cnnn1)N[C@H]1CCCN(Cc2ccccc2F)C1. The Morgan fingerprint density at radius 1 is 1.36 bits per heavy atom. The van der Waals surface area contributed by atoms with Crippen molar-refractivity contribution in [3.05, 3.63) is 42.0 Å². The molecule has 0 bridgehead atoms. The molecule has 1 saturated heterocycles. The normalized spacial score (nSPS) is 18.2. The summed E-state index contributed by atoms with van der Waals surface area (Å²) in [7, 11) is 0. The lowest BCUT2D eigenvalue weighted by Gasteiger charge is -2.33. The largest absolute Gasteiger partial charge is 0.352 e. The van der Waals surface area contributed by atoms with Crippen LogP contribution in [0.3, 0.4) is 0 Å². The minimum Gasteiger partial charge on any atom is -0.352 e. The Kier molecular flexibility index (Phi) is 6.05. The van der Waals surface area contributed by atoms with Gasteiger partial charge in [0.25, 0.3) is 0 Å². The lowest BCUT2D eigenvalue weighted by Crippen LogP contribution is -2.47. The Labute approximate surface area is 146 Å². The monoisotopic (exact) mass is 346 g/mol. The zero-order chi connectivity index (χ0) is 17.5. The second-order valence-corrected chi connectivity index (χ2v) is 6.41. The zero-order valence-corrected chi connectivity index (χ0v) is 14.1. The molecule has 8 heteroatoms. The number of tetrazole rings is 1. The van der Waals surface area contributed by atoms with Crippen molar-refractivity contribution in [3.8, 4) is 0 Å². The van der Waals surface area contributed by atoms with Gasteiger partial charge < -0.3 is 5.32 Å². The highest BCUT2D eigenvalue weighted by Gasteiger charge is 2.22. The number of rotatable bonds is 7. The highest BCUT2D eigenvalue weighted by molar-refractivity contribution is 5.76. The third kappa shape index (κ3) is 5.32. The van der Waals surface area contributed by atoms with Crippen LogP contribution in [0.5, 0.6) is 0 Å². The Bertz CT molecular complexity index is 678. The van der Waals surface area contributed by atoms with E-state index >= 15 is 0 Å². The second kappa shape index (κ2) is 8.66. The van der Waals surface area contributed by atoms with E-state index in [1.165, 1.54) is 6.07 Å². The number of piperidine rings is 1. The molecule has 1 aromatic heterocycles. The number of hydrogen-bond donors (Lipinski definition) is 1. The summed E-state index contributed by atoms with van der Waals surface area (Å²) in [4.78, 5) is 14.3. The molecule has 1 fully saturated rings. The standard InChI is InChI=1S/C17H23FN6O/c18-16-7-2-1-5-14(16)11-23-9-3-6-15(12-23)20-17(25)8-4-10-24-13-19-21-22-24/h1-2,5,7,13,15H,3-4,6,8-12H2,(H,20,25)/t15-/m0/s1. The first-order valence-corrected chi connectivity index (χ1v) is 8.66. The molecule has 0 aliphatic carbocycles. The minimum atomic E-state index is -0.170. The van der Waals surface area contributed by atoms with Crippen molar-refractivity contribution in [2.24, 2.45) is 0 Å². The van der Waals surface area contributed by atoms with Crippen molar-refractivity contribution in [1.82, 2.24) is 30.4 Å². The topological polar surface area (TPSA) is 75.9 Å². The molecule has 0 saturated carbocycles. The van der Waals surface area contributed by atoms with Crippen molar-refractivity contribution in [3.63, 3.8) is 0 Å². The van der Waals surface area contributed by atoms with Gasteiger partial charge in [-0.2, -0.15) is 0 Å². The molecule has 134 valence electrons. The molecule has 1 atom stereocenters. The third-order valence-electron chi connectivity index (χ3n) is 4.40. The van der Waals surface area contributed by atoms with E-state index in [2.05, 4.69) is 25.7 Å². The lowest BCUT2D eigenvalue weighted by molar-refractivity contribution is -0.122. The summed E-state index contributed by atoms with van der Waals surface area (Å²) in [6.45, 7) is 2.90. The highest BCUT2D eigenvalue weighted by Crippen LogP contribution is 2.16. The summed E-state index contributed by atoms with van der Waals surface area (Å²) in [5.41, 5.74) is 0.705. The van der Waals surface area contributed by atoms with Crippen LogP contribution in [0, 0.1) is 5.82 Å². The van der Waals surface area contributed by atoms with Crippen molar-refractivity contribution in [1.29, 1.82) is 0 Å². The van der Waals surface area contributed by atoms with Crippen LogP contribution in [0.2, 0.25) is 0 Å². The summed E-state index contributed by atoms with van der Waals surface area (Å²) in [5, 5.41) is 14.0. The maximum atomic E-state index is 13.8. The van der Waals surface area contributed by atoms with E-state index in [1.807, 2.05) is 12.1 Å². The molecule has 1 aromatic carbocycles. The molecule has 2 aromatic rings. The van der Waals surface area contributed by atoms with Gasteiger partial charge in [0.05, 0.1) is 0 Å². The number of amides is 1. The molecule has 3 rings (SSSR count). The van der Waals surface area contributed by atoms with Gasteiger partial charge in [0.1, 0.15) is 12.1 Å². The molecule has 7 nitrogen and oxygen atoms in total. The molecular formula is C17H23FN6O. The molecule has 1 N–H and O–H groups in total. The quantitative estimate of drug-likeness (QED) is 0.819. The number of carbonyl (C=O) groups is 1. The van der Waals surface area contributed by atoms with Crippen LogP contribution in [0.15, 0.2) is 30.6 Å². The Hall–Kier alpha value is -2.35. The number of hydrogen-bond acceptors (Lipinski definition) is 5. The highest BCUT2D eigenvalue weighted by atomic mass is 19.1. The summed E-state index contributed by atoms with van der Waals surface area (Å²) >= 11 is 0. The first-order valence-electron chi connectivity index (χ1n) is 8.66. The summed E-state index contributed by atoms with van der Waals surface area (Å²) < 4.78 is 15.4. The molecule has 1 aliphatic rings. The van der Waals surface area contributed by atoms with E-state index in [-0.39, 0.29) is 17.8 Å². The van der Waals surface area contributed by atoms with Crippen LogP contribution in [-0.4, -0.2) is 50.1 Å². The van der Waals surface area contributed by atoms with Gasteiger partial charge in [0.15, 0.2) is 0 Å². The van der Waals surface area contributed by atoms with Crippen LogP contribution < -0.4 is 5.32 Å². The van der Waals surface area contributed by atoms with Gasteiger partial charge in [0, 0.05) is 37.7 Å². The number of nitrogens with one attached hydrogen (secondary N) is 1. The average molecular weight is 346 g/mol. The Balaban J connectivity index is 1.41. The van der Waals surface area contributed by atoms with Crippen LogP contribution in [0.1, 0.15) is 31.2 Å². The molecule has 1 amide bonds. The molecule has 0 spiro atoms. The van der Waals surface area contributed by atoms with Gasteiger partial charge in [-0.1, -0.05) is 18.2 Å². The van der Waals surface area contributed by atoms with Crippen molar-refractivity contribution >= 4 is 5.91 Å². The summed E-state index contributed by atoms with van der Waals surface area (Å²) in [5.74, 6) is -0.123. The van der Waals surface area contributed by atoms with E-state index < -0.39 is 0 Å². The van der Waals surface area contributed by atoms with E-state index in [9.17, 15) is 9.18 Å². The fourth-order valence-electron chi connectivity index (χ4n) is 3.17. The number of aryl methyl sites for hydroxylation is 1. The van der Waals surface area contributed by atoms with E-state index in [4.69, 9.17) is 0 Å². The number of halogens is 1. The van der Waals surface area contributed by atoms with Crippen molar-refractivity contribution < 1.29 is 9.18 Å². The van der Waals surface area contributed by atoms with Gasteiger partial charge >= 0.3 is 0 Å². The molecular weight excluding hydrogens is 323 g/mol. The van der Waals surface area contributed by atoms with E-state index in [0.29, 0.717) is 31.5 Å². The van der Waals surface area contributed by atoms with Gasteiger partial charge in [-0.15, -0.1) is 5.10 Å². The molecule has 0 radical (unpaired) electrons. The Morgan fingerprint density at radius 2 is 2.24 bits per heavy atom. The second-order valence-electron chi connectivity index (χ2n) is 6.41. The van der Waals surface area contributed by atoms with Crippen LogP contribution in [0.4, 0.5) is 4.39 Å². The zero-order valence-electron chi connectivity index (χ0n) is 14.1. The van der Waals surface area contributed by atoms with Crippen molar-refractivity contribution in [2.75, 3.05) is 13.1 Å². The van der Waals surface area contributed by atoms with E-state index in [0.717, 1.165) is 25.9 Å². The minimum absolute atomic E-state index is 0.0471. The predicted octanol–water partition coefficient (Wildman–Crippen LogP) is 1.37. The number of carbonyl (C=O) groups excluding carboxylic acids is 1. The van der Waals surface area contributed by atoms with Crippen LogP contribution in [0.25, 0.3) is 0 Å². The predicted molar refractivity (Wildman–Crippen MR) is 89.9 cm³/mol. The number of nitrogens with zero attached hydrogens (tertiary/aromatic N) is 5.